The first kappa shape index (κ1) is 12.5. The van der Waals surface area contributed by atoms with Gasteiger partial charge in [0.05, 0.1) is 12.5 Å². The molecule has 0 unspecified atom stereocenters. The van der Waals surface area contributed by atoms with E-state index in [4.69, 9.17) is 14.2 Å². The summed E-state index contributed by atoms with van der Waals surface area (Å²) in [5, 5.41) is 9.20. The molecule has 0 saturated heterocycles. The molecule has 0 saturated carbocycles. The van der Waals surface area contributed by atoms with Gasteiger partial charge in [-0.3, -0.25) is 4.79 Å². The number of rotatable bonds is 4. The standard InChI is InChI=1S/C13H16O5/c1-13(2,12(14)15)6-8-9(16-3)4-5-10-11(8)18-7-17-10/h4-5H,6-7H2,1-3H3,(H,14,15). The van der Waals surface area contributed by atoms with Crippen LogP contribution < -0.4 is 14.2 Å². The van der Waals surface area contributed by atoms with E-state index in [0.717, 1.165) is 5.56 Å². The highest BCUT2D eigenvalue weighted by molar-refractivity contribution is 5.74. The molecule has 5 heteroatoms. The van der Waals surface area contributed by atoms with Crippen molar-refractivity contribution in [2.45, 2.75) is 20.3 Å². The number of carboxylic acids is 1. The lowest BCUT2D eigenvalue weighted by atomic mass is 9.85. The zero-order chi connectivity index (χ0) is 13.3. The highest BCUT2D eigenvalue weighted by Crippen LogP contribution is 2.43. The smallest absolute Gasteiger partial charge is 0.309 e. The van der Waals surface area contributed by atoms with Gasteiger partial charge in [-0.25, -0.2) is 0 Å². The summed E-state index contributed by atoms with van der Waals surface area (Å²) in [5.74, 6) is 0.977. The van der Waals surface area contributed by atoms with Gasteiger partial charge in [-0.05, 0) is 32.4 Å². The molecule has 0 atom stereocenters. The number of benzene rings is 1. The summed E-state index contributed by atoms with van der Waals surface area (Å²) in [5.41, 5.74) is -0.158. The molecule has 1 aromatic rings. The van der Waals surface area contributed by atoms with Crippen molar-refractivity contribution in [1.82, 2.24) is 0 Å². The Morgan fingerprint density at radius 2 is 2.17 bits per heavy atom. The summed E-state index contributed by atoms with van der Waals surface area (Å²) < 4.78 is 16.0. The van der Waals surface area contributed by atoms with E-state index < -0.39 is 11.4 Å². The first-order chi connectivity index (χ1) is 8.45. The molecule has 0 aromatic heterocycles. The van der Waals surface area contributed by atoms with Crippen LogP contribution in [0.3, 0.4) is 0 Å². The molecule has 0 fully saturated rings. The summed E-state index contributed by atoms with van der Waals surface area (Å²) in [4.78, 5) is 11.2. The highest BCUT2D eigenvalue weighted by atomic mass is 16.7. The number of ether oxygens (including phenoxy) is 3. The number of carboxylic acid groups (broad SMARTS) is 1. The number of aliphatic carboxylic acids is 1. The number of fused-ring (bicyclic) bond motifs is 1. The molecule has 1 N–H and O–H groups in total. The first-order valence-electron chi connectivity index (χ1n) is 5.64. The quantitative estimate of drug-likeness (QED) is 0.888. The summed E-state index contributed by atoms with van der Waals surface area (Å²) in [6.07, 6.45) is 0.317. The largest absolute Gasteiger partial charge is 0.496 e. The predicted molar refractivity (Wildman–Crippen MR) is 64.2 cm³/mol. The Kier molecular flexibility index (Phi) is 3.07. The van der Waals surface area contributed by atoms with Gasteiger partial charge in [0.2, 0.25) is 6.79 Å². The normalized spacial score (nSPS) is 13.5. The Morgan fingerprint density at radius 3 is 2.78 bits per heavy atom. The van der Waals surface area contributed by atoms with E-state index in [1.165, 1.54) is 0 Å². The highest BCUT2D eigenvalue weighted by Gasteiger charge is 2.32. The van der Waals surface area contributed by atoms with Crippen LogP contribution in [0.2, 0.25) is 0 Å². The van der Waals surface area contributed by atoms with Crippen LogP contribution >= 0.6 is 0 Å². The van der Waals surface area contributed by atoms with E-state index in [2.05, 4.69) is 0 Å². The fourth-order valence-electron chi connectivity index (χ4n) is 1.89. The van der Waals surface area contributed by atoms with E-state index in [1.54, 1.807) is 33.1 Å². The molecule has 1 aliphatic rings. The van der Waals surface area contributed by atoms with Gasteiger partial charge in [0.1, 0.15) is 5.75 Å². The van der Waals surface area contributed by atoms with Crippen molar-refractivity contribution in [3.05, 3.63) is 17.7 Å². The fraction of sp³-hybridized carbons (Fsp3) is 0.462. The maximum Gasteiger partial charge on any atom is 0.309 e. The topological polar surface area (TPSA) is 65.0 Å². The average molecular weight is 252 g/mol. The Hall–Kier alpha value is -1.91. The van der Waals surface area contributed by atoms with E-state index in [9.17, 15) is 9.90 Å². The van der Waals surface area contributed by atoms with Crippen LogP contribution in [0, 0.1) is 5.41 Å². The number of methoxy groups -OCH3 is 1. The second kappa shape index (κ2) is 4.40. The van der Waals surface area contributed by atoms with E-state index >= 15 is 0 Å². The Labute approximate surface area is 105 Å². The minimum absolute atomic E-state index is 0.156. The molecule has 0 amide bonds. The van der Waals surface area contributed by atoms with Crippen molar-refractivity contribution in [3.8, 4) is 17.2 Å². The van der Waals surface area contributed by atoms with Gasteiger partial charge < -0.3 is 19.3 Å². The number of hydrogen-bond donors (Lipinski definition) is 1. The number of carbonyl (C=O) groups is 1. The van der Waals surface area contributed by atoms with Crippen molar-refractivity contribution < 1.29 is 24.1 Å². The molecular formula is C13H16O5. The van der Waals surface area contributed by atoms with Gasteiger partial charge in [0, 0.05) is 5.56 Å². The van der Waals surface area contributed by atoms with Crippen molar-refractivity contribution in [3.63, 3.8) is 0 Å². The third kappa shape index (κ3) is 2.08. The monoisotopic (exact) mass is 252 g/mol. The predicted octanol–water partition coefficient (Wildman–Crippen LogP) is 2.08. The molecular weight excluding hydrogens is 236 g/mol. The molecule has 0 bridgehead atoms. The number of hydrogen-bond acceptors (Lipinski definition) is 4. The Balaban J connectivity index is 2.43. The van der Waals surface area contributed by atoms with Crippen molar-refractivity contribution >= 4 is 5.97 Å². The van der Waals surface area contributed by atoms with Gasteiger partial charge in [-0.2, -0.15) is 0 Å². The molecule has 1 aromatic carbocycles. The van der Waals surface area contributed by atoms with Crippen LogP contribution in [0.1, 0.15) is 19.4 Å². The Morgan fingerprint density at radius 1 is 1.44 bits per heavy atom. The Bertz CT molecular complexity index is 479. The lowest BCUT2D eigenvalue weighted by Gasteiger charge is -2.21. The van der Waals surface area contributed by atoms with Crippen LogP contribution in [0.5, 0.6) is 17.2 Å². The lowest BCUT2D eigenvalue weighted by molar-refractivity contribution is -0.146. The third-order valence-electron chi connectivity index (χ3n) is 3.02. The van der Waals surface area contributed by atoms with Crippen molar-refractivity contribution in [2.24, 2.45) is 5.41 Å². The minimum Gasteiger partial charge on any atom is -0.496 e. The fourth-order valence-corrected chi connectivity index (χ4v) is 1.89. The van der Waals surface area contributed by atoms with Crippen LogP contribution in [0.4, 0.5) is 0 Å². The minimum atomic E-state index is -0.894. The van der Waals surface area contributed by atoms with E-state index in [0.29, 0.717) is 23.7 Å². The van der Waals surface area contributed by atoms with Crippen LogP contribution in [-0.2, 0) is 11.2 Å². The van der Waals surface area contributed by atoms with Crippen LogP contribution in [-0.4, -0.2) is 25.0 Å². The van der Waals surface area contributed by atoms with Gasteiger partial charge in [0.25, 0.3) is 0 Å². The molecule has 0 aliphatic carbocycles. The molecule has 1 heterocycles. The molecule has 2 rings (SSSR count). The molecule has 0 spiro atoms. The van der Waals surface area contributed by atoms with E-state index in [1.807, 2.05) is 0 Å². The first-order valence-corrected chi connectivity index (χ1v) is 5.64. The van der Waals surface area contributed by atoms with Crippen molar-refractivity contribution in [2.75, 3.05) is 13.9 Å². The molecule has 5 nitrogen and oxygen atoms in total. The summed E-state index contributed by atoms with van der Waals surface area (Å²) >= 11 is 0. The van der Waals surface area contributed by atoms with Crippen molar-refractivity contribution in [1.29, 1.82) is 0 Å². The van der Waals surface area contributed by atoms with Gasteiger partial charge in [0.15, 0.2) is 11.5 Å². The van der Waals surface area contributed by atoms with Crippen LogP contribution in [0.25, 0.3) is 0 Å². The molecule has 18 heavy (non-hydrogen) atoms. The van der Waals surface area contributed by atoms with Gasteiger partial charge >= 0.3 is 5.97 Å². The zero-order valence-corrected chi connectivity index (χ0v) is 10.6. The van der Waals surface area contributed by atoms with Gasteiger partial charge in [-0.15, -0.1) is 0 Å². The second-order valence-corrected chi connectivity index (χ2v) is 4.85. The molecule has 1 aliphatic heterocycles. The SMILES string of the molecule is COc1ccc2c(c1CC(C)(C)C(=O)O)OCO2. The van der Waals surface area contributed by atoms with Crippen LogP contribution in [0.15, 0.2) is 12.1 Å². The summed E-state index contributed by atoms with van der Waals surface area (Å²) in [6, 6.07) is 3.53. The zero-order valence-electron chi connectivity index (χ0n) is 10.6. The maximum atomic E-state index is 11.2. The lowest BCUT2D eigenvalue weighted by Crippen LogP contribution is -2.26. The maximum absolute atomic E-state index is 11.2. The molecule has 0 radical (unpaired) electrons. The third-order valence-corrected chi connectivity index (χ3v) is 3.02. The average Bonchev–Trinajstić information content (AvgIpc) is 2.77. The molecule has 98 valence electrons. The second-order valence-electron chi connectivity index (χ2n) is 4.85. The van der Waals surface area contributed by atoms with E-state index in [-0.39, 0.29) is 6.79 Å². The van der Waals surface area contributed by atoms with Gasteiger partial charge in [-0.1, -0.05) is 0 Å². The summed E-state index contributed by atoms with van der Waals surface area (Å²) in [7, 11) is 1.55. The summed E-state index contributed by atoms with van der Waals surface area (Å²) in [6.45, 7) is 3.50.